The molecule has 5 heteroatoms. The Morgan fingerprint density at radius 3 is 1.05 bits per heavy atom. The monoisotopic (exact) mass is 1150 g/mol. The molecule has 4 nitrogen and oxygen atoms in total. The fourth-order valence-corrected chi connectivity index (χ4v) is 15.7. The Labute approximate surface area is 521 Å². The quantitative estimate of drug-likeness (QED) is 0.161. The van der Waals surface area contributed by atoms with Crippen molar-refractivity contribution < 1.29 is 0 Å². The summed E-state index contributed by atoms with van der Waals surface area (Å²) in [5, 5.41) is 5.51. The fraction of sp³-hybridized carbons (Fsp3) is 0.439. The van der Waals surface area contributed by atoms with E-state index in [0.29, 0.717) is 11.8 Å². The molecule has 0 saturated heterocycles. The van der Waals surface area contributed by atoms with Crippen LogP contribution in [0.5, 0.6) is 0 Å². The molecule has 0 N–H and O–H groups in total. The third-order valence-electron chi connectivity index (χ3n) is 21.1. The molecule has 2 saturated carbocycles. The standard InChI is InChI=1S/C82H95BN4/c1-77(2,3)55-29-31-69-61(45-55)63-37-50(48-25-21-19-22-26-48)39-65-74(63)86(69)71-41-54(42-72-73(71)83(65)66-40-51(49-27-23-20-24-28-49)38-64-62-46-56(78(4,5)6)30-32-70(62)87(72)75(64)66)76-84-67(52-33-57(79(7,8)9)43-58(34-52)80(10,11)12)47-68(85-76)53-35-59(81(13,14)15)44-60(36-53)82(16,17)18/h29-49H,19-28H2,1-18H3. The Hall–Kier alpha value is -6.72. The van der Waals surface area contributed by atoms with Crippen LogP contribution in [0.25, 0.3) is 88.9 Å². The van der Waals surface area contributed by atoms with Gasteiger partial charge in [0.25, 0.3) is 6.71 Å². The molecule has 7 aromatic carbocycles. The fourth-order valence-electron chi connectivity index (χ4n) is 15.7. The van der Waals surface area contributed by atoms with Crippen LogP contribution in [0.4, 0.5) is 0 Å². The maximum Gasteiger partial charge on any atom is 0.252 e. The first-order chi connectivity index (χ1) is 40.9. The molecule has 5 heterocycles. The van der Waals surface area contributed by atoms with Crippen molar-refractivity contribution in [3.8, 4) is 45.3 Å². The van der Waals surface area contributed by atoms with E-state index in [9.17, 15) is 0 Å². The van der Waals surface area contributed by atoms with E-state index in [1.807, 2.05) is 0 Å². The van der Waals surface area contributed by atoms with Gasteiger partial charge in [0, 0.05) is 60.6 Å². The number of fused-ring (bicyclic) bond motifs is 10. The average molecular weight is 1150 g/mol. The van der Waals surface area contributed by atoms with E-state index in [4.69, 9.17) is 9.97 Å². The molecular formula is C82H95BN4. The topological polar surface area (TPSA) is 35.6 Å². The SMILES string of the molecule is CC(C)(C)c1cc(-c2cc(-c3cc(C(C)(C)C)cc(C(C)(C)C)c3)nc(-c3cc4c5c(c3)-n3c6ccc(C(C)(C)C)cc6c6cc(C7CCCCC7)cc(c63)B5c3cc(C5CCCCC5)cc5c6cc(C(C)(C)C)ccc6n-4c35)n2)cc(C(C)(C)C)c1. The number of benzene rings is 7. The largest absolute Gasteiger partial charge is 0.310 e. The van der Waals surface area contributed by atoms with Crippen molar-refractivity contribution in [2.24, 2.45) is 0 Å². The molecule has 0 atom stereocenters. The van der Waals surface area contributed by atoms with E-state index in [1.165, 1.54) is 180 Å². The molecule has 0 spiro atoms. The van der Waals surface area contributed by atoms with Crippen LogP contribution < -0.4 is 16.4 Å². The van der Waals surface area contributed by atoms with Crippen LogP contribution in [-0.2, 0) is 32.5 Å². The van der Waals surface area contributed by atoms with Crippen LogP contribution in [0.1, 0.15) is 245 Å². The molecule has 2 fully saturated rings. The predicted molar refractivity (Wildman–Crippen MR) is 376 cm³/mol. The highest BCUT2D eigenvalue weighted by molar-refractivity contribution is 7.00. The molecular weight excluding hydrogens is 1050 g/mol. The minimum atomic E-state index is -0.0764. The first-order valence-electron chi connectivity index (χ1n) is 33.5. The number of nitrogens with zero attached hydrogens (tertiary/aromatic N) is 4. The molecule has 0 bridgehead atoms. The van der Waals surface area contributed by atoms with Gasteiger partial charge in [-0.05, 0) is 210 Å². The minimum Gasteiger partial charge on any atom is -0.310 e. The van der Waals surface area contributed by atoms with Crippen LogP contribution >= 0.6 is 0 Å². The van der Waals surface area contributed by atoms with Crippen molar-refractivity contribution in [3.05, 3.63) is 160 Å². The smallest absolute Gasteiger partial charge is 0.252 e. The molecule has 2 aliphatic carbocycles. The normalized spacial score (nSPS) is 16.3. The molecule has 0 amide bonds. The zero-order valence-electron chi connectivity index (χ0n) is 56.1. The lowest BCUT2D eigenvalue weighted by Gasteiger charge is -2.35. The van der Waals surface area contributed by atoms with Crippen molar-refractivity contribution in [3.63, 3.8) is 0 Å². The summed E-state index contributed by atoms with van der Waals surface area (Å²) in [5.41, 5.74) is 28.0. The van der Waals surface area contributed by atoms with Gasteiger partial charge in [0.05, 0.1) is 22.4 Å². The van der Waals surface area contributed by atoms with Gasteiger partial charge in [-0.2, -0.15) is 0 Å². The summed E-state index contributed by atoms with van der Waals surface area (Å²) >= 11 is 0. The van der Waals surface area contributed by atoms with Gasteiger partial charge in [-0.15, -0.1) is 0 Å². The van der Waals surface area contributed by atoms with Crippen molar-refractivity contribution in [1.29, 1.82) is 0 Å². The van der Waals surface area contributed by atoms with Gasteiger partial charge in [0.1, 0.15) is 0 Å². The van der Waals surface area contributed by atoms with Crippen LogP contribution in [0.15, 0.2) is 115 Å². The summed E-state index contributed by atoms with van der Waals surface area (Å²) in [6.07, 6.45) is 12.9. The third-order valence-corrected chi connectivity index (χ3v) is 21.1. The highest BCUT2D eigenvalue weighted by atomic mass is 15.0. The van der Waals surface area contributed by atoms with E-state index in [2.05, 4.69) is 249 Å². The molecule has 0 radical (unpaired) electrons. The highest BCUT2D eigenvalue weighted by Crippen LogP contribution is 2.47. The second kappa shape index (κ2) is 19.9. The molecule has 2 aliphatic heterocycles. The van der Waals surface area contributed by atoms with E-state index in [-0.39, 0.29) is 39.2 Å². The van der Waals surface area contributed by atoms with Gasteiger partial charge in [-0.1, -0.05) is 200 Å². The van der Waals surface area contributed by atoms with Crippen LogP contribution in [0.3, 0.4) is 0 Å². The number of hydrogen-bond acceptors (Lipinski definition) is 2. The predicted octanol–water partition coefficient (Wildman–Crippen LogP) is 20.7. The molecule has 3 aromatic heterocycles. The van der Waals surface area contributed by atoms with Crippen molar-refractivity contribution in [2.45, 2.75) is 233 Å². The summed E-state index contributed by atoms with van der Waals surface area (Å²) in [5.74, 6) is 1.85. The van der Waals surface area contributed by atoms with E-state index in [0.717, 1.165) is 33.9 Å². The summed E-state index contributed by atoms with van der Waals surface area (Å²) in [7, 11) is 0. The van der Waals surface area contributed by atoms with E-state index < -0.39 is 0 Å². The van der Waals surface area contributed by atoms with Gasteiger partial charge >= 0.3 is 0 Å². The van der Waals surface area contributed by atoms with Crippen molar-refractivity contribution in [1.82, 2.24) is 19.1 Å². The van der Waals surface area contributed by atoms with Gasteiger partial charge in [0.2, 0.25) is 0 Å². The summed E-state index contributed by atoms with van der Waals surface area (Å²) in [6.45, 7) is 42.4. The first kappa shape index (κ1) is 58.0. The Kier molecular flexibility index (Phi) is 13.3. The van der Waals surface area contributed by atoms with Crippen LogP contribution in [0, 0.1) is 0 Å². The number of rotatable bonds is 5. The zero-order valence-corrected chi connectivity index (χ0v) is 56.1. The van der Waals surface area contributed by atoms with Crippen LogP contribution in [-0.4, -0.2) is 25.8 Å². The zero-order chi connectivity index (χ0) is 61.4. The Morgan fingerprint density at radius 1 is 0.345 bits per heavy atom. The van der Waals surface area contributed by atoms with Crippen LogP contribution in [0.2, 0.25) is 0 Å². The van der Waals surface area contributed by atoms with Gasteiger partial charge in [-0.3, -0.25) is 0 Å². The molecule has 446 valence electrons. The maximum absolute atomic E-state index is 5.91. The van der Waals surface area contributed by atoms with Crippen molar-refractivity contribution in [2.75, 3.05) is 0 Å². The Morgan fingerprint density at radius 2 is 0.701 bits per heavy atom. The van der Waals surface area contributed by atoms with Crippen molar-refractivity contribution >= 4 is 66.7 Å². The summed E-state index contributed by atoms with van der Waals surface area (Å²) in [4.78, 5) is 11.8. The first-order valence-corrected chi connectivity index (χ1v) is 33.5. The highest BCUT2D eigenvalue weighted by Gasteiger charge is 2.43. The van der Waals surface area contributed by atoms with Gasteiger partial charge < -0.3 is 9.13 Å². The molecule has 4 aliphatic rings. The summed E-state index contributed by atoms with van der Waals surface area (Å²) < 4.78 is 5.42. The third kappa shape index (κ3) is 9.85. The molecule has 0 unspecified atom stereocenters. The van der Waals surface area contributed by atoms with Gasteiger partial charge in [-0.25, -0.2) is 9.97 Å². The Bertz CT molecular complexity index is 4120. The lowest BCUT2D eigenvalue weighted by atomic mass is 9.34. The maximum atomic E-state index is 5.91. The lowest BCUT2D eigenvalue weighted by molar-refractivity contribution is 0.444. The minimum absolute atomic E-state index is 0.0148. The van der Waals surface area contributed by atoms with E-state index >= 15 is 0 Å². The molecule has 10 aromatic rings. The number of hydrogen-bond donors (Lipinski definition) is 0. The lowest BCUT2D eigenvalue weighted by Crippen LogP contribution is -2.59. The van der Waals surface area contributed by atoms with E-state index in [1.54, 1.807) is 0 Å². The second-order valence-corrected chi connectivity index (χ2v) is 33.7. The van der Waals surface area contributed by atoms with Gasteiger partial charge in [0.15, 0.2) is 5.82 Å². The summed E-state index contributed by atoms with van der Waals surface area (Å²) in [6, 6.07) is 47.6. The average Bonchev–Trinajstić information content (AvgIpc) is 1.57. The number of aromatic nitrogens is 4. The Balaban J connectivity index is 1.14. The molecule has 14 rings (SSSR count). The molecule has 87 heavy (non-hydrogen) atoms. The second-order valence-electron chi connectivity index (χ2n) is 33.7.